The van der Waals surface area contributed by atoms with Crippen LogP contribution in [0.5, 0.6) is 5.75 Å². The highest BCUT2D eigenvalue weighted by atomic mass is 19.4. The minimum absolute atomic E-state index is 0.0247. The first-order chi connectivity index (χ1) is 26.4. The minimum atomic E-state index is -4.62. The Morgan fingerprint density at radius 1 is 0.927 bits per heavy atom. The van der Waals surface area contributed by atoms with Crippen LogP contribution in [0.15, 0.2) is 73.1 Å². The van der Waals surface area contributed by atoms with Crippen molar-refractivity contribution >= 4 is 40.5 Å². The van der Waals surface area contributed by atoms with E-state index in [9.17, 15) is 28.2 Å². The van der Waals surface area contributed by atoms with Crippen LogP contribution in [0, 0.1) is 19.8 Å². The van der Waals surface area contributed by atoms with E-state index in [1.807, 2.05) is 67.4 Å². The number of rotatable bonds is 11. The van der Waals surface area contributed by atoms with Crippen molar-refractivity contribution in [2.45, 2.75) is 52.1 Å². The van der Waals surface area contributed by atoms with Gasteiger partial charge in [0.2, 0.25) is 0 Å². The molecule has 2 atom stereocenters. The van der Waals surface area contributed by atoms with E-state index >= 15 is 0 Å². The average Bonchev–Trinajstić information content (AvgIpc) is 3.80. The number of nitrogens with one attached hydrogen (secondary N) is 1. The summed E-state index contributed by atoms with van der Waals surface area (Å²) >= 11 is 0. The summed E-state index contributed by atoms with van der Waals surface area (Å²) in [6, 6.07) is 18.3. The number of alkyl halides is 3. The minimum Gasteiger partial charge on any atom is -0.496 e. The lowest BCUT2D eigenvalue weighted by molar-refractivity contribution is -0.141. The van der Waals surface area contributed by atoms with Crippen LogP contribution in [0.2, 0.25) is 0 Å². The third-order valence-electron chi connectivity index (χ3n) is 10.8. The van der Waals surface area contributed by atoms with Gasteiger partial charge in [0.05, 0.1) is 24.7 Å². The Kier molecular flexibility index (Phi) is 10.9. The summed E-state index contributed by atoms with van der Waals surface area (Å²) in [5.74, 6) is -0.491. The maximum Gasteiger partial charge on any atom is 0.417 e. The highest BCUT2D eigenvalue weighted by Gasteiger charge is 2.35. The van der Waals surface area contributed by atoms with Gasteiger partial charge in [-0.05, 0) is 103 Å². The normalized spacial score (nSPS) is 18.1. The zero-order valence-electron chi connectivity index (χ0n) is 31.0. The van der Waals surface area contributed by atoms with E-state index in [2.05, 4.69) is 21.3 Å². The number of fused-ring (bicyclic) bond motifs is 1. The quantitative estimate of drug-likeness (QED) is 0.115. The van der Waals surface area contributed by atoms with Crippen molar-refractivity contribution in [3.05, 3.63) is 112 Å². The van der Waals surface area contributed by atoms with Gasteiger partial charge in [0.15, 0.2) is 5.82 Å². The monoisotopic (exact) mass is 751 g/mol. The molecule has 5 aromatic rings. The number of methoxy groups -OCH3 is 1. The molecule has 2 aromatic heterocycles. The number of anilines is 2. The van der Waals surface area contributed by atoms with Gasteiger partial charge in [0.1, 0.15) is 11.3 Å². The van der Waals surface area contributed by atoms with Crippen LogP contribution in [-0.2, 0) is 24.1 Å². The zero-order chi connectivity index (χ0) is 38.9. The lowest BCUT2D eigenvalue weighted by Crippen LogP contribution is -2.23. The van der Waals surface area contributed by atoms with Crippen molar-refractivity contribution < 1.29 is 32.9 Å². The molecule has 0 spiro atoms. The summed E-state index contributed by atoms with van der Waals surface area (Å²) in [6.07, 6.45) is 3.13. The Hall–Kier alpha value is -5.30. The number of carboxylic acids is 1. The molecule has 9 nitrogen and oxygen atoms in total. The molecule has 55 heavy (non-hydrogen) atoms. The van der Waals surface area contributed by atoms with Gasteiger partial charge in [0, 0.05) is 61.8 Å². The van der Waals surface area contributed by atoms with Crippen LogP contribution in [0.1, 0.15) is 51.8 Å². The Balaban J connectivity index is 1.14. The molecule has 2 aliphatic rings. The van der Waals surface area contributed by atoms with E-state index in [0.717, 1.165) is 75.5 Å². The molecule has 12 heteroatoms. The molecular weight excluding hydrogens is 707 g/mol. The van der Waals surface area contributed by atoms with Crippen molar-refractivity contribution in [2.75, 3.05) is 38.6 Å². The number of ether oxygens (including phenoxy) is 1. The average molecular weight is 752 g/mol. The van der Waals surface area contributed by atoms with Crippen molar-refractivity contribution in [1.82, 2.24) is 19.8 Å². The van der Waals surface area contributed by atoms with Gasteiger partial charge in [-0.15, -0.1) is 0 Å². The lowest BCUT2D eigenvalue weighted by atomic mass is 9.92. The van der Waals surface area contributed by atoms with Gasteiger partial charge < -0.3 is 20.3 Å². The van der Waals surface area contributed by atoms with E-state index in [-0.39, 0.29) is 24.8 Å². The highest BCUT2D eigenvalue weighted by molar-refractivity contribution is 5.91. The molecule has 0 unspecified atom stereocenters. The number of aliphatic hydroxyl groups excluding tert-OH is 1. The van der Waals surface area contributed by atoms with Crippen LogP contribution in [0.25, 0.3) is 34.2 Å². The van der Waals surface area contributed by atoms with Crippen LogP contribution >= 0.6 is 0 Å². The molecule has 3 aromatic carbocycles. The molecule has 2 fully saturated rings. The van der Waals surface area contributed by atoms with Crippen LogP contribution in [0.3, 0.4) is 0 Å². The number of aliphatic carboxylic acids is 1. The van der Waals surface area contributed by atoms with Crippen molar-refractivity contribution in [2.24, 2.45) is 5.92 Å². The summed E-state index contributed by atoms with van der Waals surface area (Å²) in [5.41, 5.74) is 6.77. The molecule has 0 bridgehead atoms. The fraction of sp³-hybridized carbons (Fsp3) is 0.326. The van der Waals surface area contributed by atoms with Gasteiger partial charge in [-0.3, -0.25) is 19.6 Å². The van der Waals surface area contributed by atoms with Gasteiger partial charge in [-0.25, -0.2) is 4.98 Å². The van der Waals surface area contributed by atoms with E-state index in [4.69, 9.17) is 9.72 Å². The number of hydrogen-bond donors (Lipinski definition) is 3. The number of aromatic nitrogens is 2. The molecular formula is C43H44F3N5O4. The number of carboxylic acid groups (broad SMARTS) is 1. The van der Waals surface area contributed by atoms with Crippen molar-refractivity contribution in [1.29, 1.82) is 0 Å². The zero-order valence-corrected chi connectivity index (χ0v) is 31.0. The van der Waals surface area contributed by atoms with Gasteiger partial charge in [-0.2, -0.15) is 13.2 Å². The molecule has 4 heterocycles. The number of carbonyl (C=O) groups is 1. The Morgan fingerprint density at radius 2 is 1.65 bits per heavy atom. The van der Waals surface area contributed by atoms with E-state index < -0.39 is 23.6 Å². The number of pyridine rings is 2. The molecule has 0 radical (unpaired) electrons. The molecule has 2 saturated heterocycles. The molecule has 286 valence electrons. The van der Waals surface area contributed by atoms with E-state index in [1.54, 1.807) is 12.3 Å². The van der Waals surface area contributed by atoms with Gasteiger partial charge >= 0.3 is 12.1 Å². The second kappa shape index (κ2) is 15.8. The Bertz CT molecular complexity index is 2260. The van der Waals surface area contributed by atoms with Crippen molar-refractivity contribution in [3.63, 3.8) is 0 Å². The topological polar surface area (TPSA) is 111 Å². The Morgan fingerprint density at radius 3 is 2.36 bits per heavy atom. The first-order valence-electron chi connectivity index (χ1n) is 18.4. The summed E-state index contributed by atoms with van der Waals surface area (Å²) in [6.45, 7) is 7.15. The summed E-state index contributed by atoms with van der Waals surface area (Å²) in [5, 5.41) is 23.7. The molecule has 3 N–H and O–H groups in total. The van der Waals surface area contributed by atoms with Crippen molar-refractivity contribution in [3.8, 4) is 16.9 Å². The number of aliphatic hydroxyl groups is 1. The summed E-state index contributed by atoms with van der Waals surface area (Å²) < 4.78 is 49.0. The molecule has 0 amide bonds. The molecule has 0 saturated carbocycles. The maximum absolute atomic E-state index is 14.5. The second-order valence-corrected chi connectivity index (χ2v) is 14.5. The van der Waals surface area contributed by atoms with E-state index in [0.29, 0.717) is 36.6 Å². The third kappa shape index (κ3) is 8.36. The first kappa shape index (κ1) is 38.0. The predicted molar refractivity (Wildman–Crippen MR) is 208 cm³/mol. The fourth-order valence-corrected chi connectivity index (χ4v) is 7.75. The van der Waals surface area contributed by atoms with Crippen LogP contribution in [0.4, 0.5) is 24.7 Å². The van der Waals surface area contributed by atoms with Gasteiger partial charge in [0.25, 0.3) is 0 Å². The standard InChI is InChI=1S/C43H44F3N5O4/c1-26-29(10-11-30-20-39(55-3)33(19-37(30)43(44,45)46)24-51-16-13-32(23-51)42(53)54)6-4-7-35(26)36-8-5-9-38(27(36)2)49-41-40-31(12-15-47-41)18-28(21-48-40)22-50-17-14-34(52)25-50/h4-12,15,18-21,32,34,52H,13-14,16-17,22-25H2,1-3H3,(H,47,49)(H,53,54)/b11-10+/t32-,34-/m1/s1. The number of nitrogens with zero attached hydrogens (tertiary/aromatic N) is 4. The number of likely N-dealkylation sites (tertiary alicyclic amines) is 2. The fourth-order valence-electron chi connectivity index (χ4n) is 7.75. The number of hydrogen-bond acceptors (Lipinski definition) is 8. The highest BCUT2D eigenvalue weighted by Crippen LogP contribution is 2.39. The molecule has 0 aliphatic carbocycles. The smallest absolute Gasteiger partial charge is 0.417 e. The van der Waals surface area contributed by atoms with Gasteiger partial charge in [-0.1, -0.05) is 42.5 Å². The first-order valence-corrected chi connectivity index (χ1v) is 18.4. The lowest BCUT2D eigenvalue weighted by Gasteiger charge is -2.20. The SMILES string of the molecule is COc1cc(/C=C/c2cccc(-c3cccc(Nc4nccc5cc(CN6CC[C@@H](O)C6)cnc45)c3C)c2C)c(C(F)(F)F)cc1CN1CC[C@@H](C(=O)O)C1. The van der Waals surface area contributed by atoms with E-state index in [1.165, 1.54) is 19.3 Å². The second-order valence-electron chi connectivity index (χ2n) is 14.5. The number of halogens is 3. The Labute approximate surface area is 318 Å². The van der Waals surface area contributed by atoms with Crippen LogP contribution in [-0.4, -0.2) is 75.3 Å². The number of benzene rings is 3. The summed E-state index contributed by atoms with van der Waals surface area (Å²) in [7, 11) is 1.43. The maximum atomic E-state index is 14.5. The molecule has 2 aliphatic heterocycles. The molecule has 7 rings (SSSR count). The van der Waals surface area contributed by atoms with Crippen LogP contribution < -0.4 is 10.1 Å². The number of β-amino-alcohol motifs (C(OH)–C–C–N with tert-alkyl or cyclic N) is 1. The third-order valence-corrected chi connectivity index (χ3v) is 10.8. The predicted octanol–water partition coefficient (Wildman–Crippen LogP) is 8.33. The summed E-state index contributed by atoms with van der Waals surface area (Å²) in [4.78, 5) is 24.9. The largest absolute Gasteiger partial charge is 0.496 e.